The van der Waals surface area contributed by atoms with Crippen LogP contribution in [-0.2, 0) is 5.41 Å². The normalized spacial score (nSPS) is 12.9. The molecule has 0 N–H and O–H groups in total. The molecule has 3 heterocycles. The van der Waals surface area contributed by atoms with Gasteiger partial charge in [0, 0.05) is 39.4 Å². The minimum atomic E-state index is -0.685. The van der Waals surface area contributed by atoms with E-state index in [1.807, 2.05) is 72.9 Å². The van der Waals surface area contributed by atoms with E-state index in [4.69, 9.17) is 19.7 Å². The second kappa shape index (κ2) is 13.5. The molecule has 1 aliphatic carbocycles. The highest BCUT2D eigenvalue weighted by Gasteiger charge is 2.51. The van der Waals surface area contributed by atoms with Crippen molar-refractivity contribution in [3.63, 3.8) is 0 Å². The summed E-state index contributed by atoms with van der Waals surface area (Å²) < 4.78 is 6.70. The topological polar surface area (TPSA) is 60.8 Å². The van der Waals surface area contributed by atoms with Crippen molar-refractivity contribution in [3.05, 3.63) is 229 Å². The van der Waals surface area contributed by atoms with Gasteiger partial charge in [0.2, 0.25) is 0 Å². The van der Waals surface area contributed by atoms with Crippen LogP contribution in [0.3, 0.4) is 0 Å². The lowest BCUT2D eigenvalue weighted by atomic mass is 9.65. The molecule has 12 rings (SSSR count). The Hall–Kier alpha value is -8.02. The number of para-hydroxylation sites is 2. The molecule has 1 aliphatic heterocycles. The van der Waals surface area contributed by atoms with Crippen molar-refractivity contribution in [1.29, 1.82) is 0 Å². The van der Waals surface area contributed by atoms with Crippen LogP contribution in [0.2, 0.25) is 0 Å². The highest BCUT2D eigenvalue weighted by Crippen LogP contribution is 2.62. The van der Waals surface area contributed by atoms with Crippen LogP contribution >= 0.6 is 0 Å². The van der Waals surface area contributed by atoms with Gasteiger partial charge in [0.15, 0.2) is 17.5 Å². The minimum absolute atomic E-state index is 0.619. The SMILES string of the molecule is c1ccc(-c2nc(-c3ccccc3)nc(-c3ccc4c(c3)C3(c5ccccc5Oc5ccccc53)c3cc(-c5ccc(-c6cccc7ncccc67)cc5)ccc3-4)n2)cc1. The molecule has 0 fully saturated rings. The summed E-state index contributed by atoms with van der Waals surface area (Å²) >= 11 is 0. The second-order valence-corrected chi connectivity index (χ2v) is 15.4. The Labute approximate surface area is 347 Å². The van der Waals surface area contributed by atoms with Gasteiger partial charge >= 0.3 is 0 Å². The summed E-state index contributed by atoms with van der Waals surface area (Å²) in [6, 6.07) is 70.3. The molecular formula is C55H34N4O. The maximum atomic E-state index is 6.70. The number of nitrogens with zero attached hydrogens (tertiary/aromatic N) is 4. The first-order valence-corrected chi connectivity index (χ1v) is 20.2. The lowest BCUT2D eigenvalue weighted by Gasteiger charge is -2.39. The first-order chi connectivity index (χ1) is 29.7. The van der Waals surface area contributed by atoms with Crippen molar-refractivity contribution >= 4 is 10.9 Å². The minimum Gasteiger partial charge on any atom is -0.457 e. The fourth-order valence-corrected chi connectivity index (χ4v) is 9.35. The van der Waals surface area contributed by atoms with Crippen molar-refractivity contribution in [2.24, 2.45) is 0 Å². The number of hydrogen-bond donors (Lipinski definition) is 0. The number of aromatic nitrogens is 4. The summed E-state index contributed by atoms with van der Waals surface area (Å²) in [5.41, 5.74) is 14.7. The summed E-state index contributed by atoms with van der Waals surface area (Å²) in [7, 11) is 0. The van der Waals surface area contributed by atoms with Crippen LogP contribution in [0.15, 0.2) is 206 Å². The zero-order valence-corrected chi connectivity index (χ0v) is 32.3. The van der Waals surface area contributed by atoms with Gasteiger partial charge in [0.05, 0.1) is 10.9 Å². The number of fused-ring (bicyclic) bond motifs is 10. The predicted octanol–water partition coefficient (Wildman–Crippen LogP) is 13.2. The van der Waals surface area contributed by atoms with Crippen LogP contribution in [-0.4, -0.2) is 19.9 Å². The standard InChI is InChI=1S/C55H34N4O/c1-3-13-37(14-4-1)52-57-53(38-15-5-2-6-16-38)59-54(58-52)40-29-31-43-42-30-28-39(35-24-26-36(27-25-35)41-17-11-21-49-44(41)18-12-32-56-49)33-47(42)55(48(43)34-40)45-19-7-9-22-50(45)60-51-23-10-8-20-46(51)55/h1-34H. The van der Waals surface area contributed by atoms with Gasteiger partial charge in [-0.15, -0.1) is 0 Å². The van der Waals surface area contributed by atoms with Crippen LogP contribution in [0.1, 0.15) is 22.3 Å². The summed E-state index contributed by atoms with van der Waals surface area (Å²) in [6.45, 7) is 0. The van der Waals surface area contributed by atoms with E-state index in [0.717, 1.165) is 72.5 Å². The molecule has 10 aromatic rings. The van der Waals surface area contributed by atoms with E-state index in [-0.39, 0.29) is 0 Å². The predicted molar refractivity (Wildman–Crippen MR) is 240 cm³/mol. The molecule has 0 saturated carbocycles. The van der Waals surface area contributed by atoms with Crippen molar-refractivity contribution in [2.45, 2.75) is 5.41 Å². The van der Waals surface area contributed by atoms with Crippen LogP contribution in [0, 0.1) is 0 Å². The largest absolute Gasteiger partial charge is 0.457 e. The van der Waals surface area contributed by atoms with E-state index in [1.165, 1.54) is 22.3 Å². The summed E-state index contributed by atoms with van der Waals surface area (Å²) in [6.07, 6.45) is 1.85. The molecule has 60 heavy (non-hydrogen) atoms. The number of ether oxygens (including phenoxy) is 1. The lowest BCUT2D eigenvalue weighted by Crippen LogP contribution is -2.32. The third-order valence-corrected chi connectivity index (χ3v) is 12.1. The van der Waals surface area contributed by atoms with Gasteiger partial charge in [-0.05, 0) is 80.9 Å². The Balaban J connectivity index is 1.06. The molecule has 0 bridgehead atoms. The monoisotopic (exact) mass is 766 g/mol. The maximum Gasteiger partial charge on any atom is 0.164 e. The molecule has 280 valence electrons. The molecule has 0 amide bonds. The Kier molecular flexibility index (Phi) is 7.69. The van der Waals surface area contributed by atoms with Gasteiger partial charge in [0.1, 0.15) is 11.5 Å². The number of benzene rings is 8. The van der Waals surface area contributed by atoms with Crippen LogP contribution in [0.25, 0.3) is 78.4 Å². The highest BCUT2D eigenvalue weighted by atomic mass is 16.5. The van der Waals surface area contributed by atoms with E-state index in [1.54, 1.807) is 0 Å². The average molecular weight is 767 g/mol. The molecule has 2 aliphatic rings. The van der Waals surface area contributed by atoms with Crippen LogP contribution in [0.5, 0.6) is 11.5 Å². The first kappa shape index (κ1) is 34.1. The quantitative estimate of drug-likeness (QED) is 0.175. The van der Waals surface area contributed by atoms with E-state index in [9.17, 15) is 0 Å². The Morgan fingerprint density at radius 2 is 0.850 bits per heavy atom. The number of pyridine rings is 1. The fourth-order valence-electron chi connectivity index (χ4n) is 9.35. The average Bonchev–Trinajstić information content (AvgIpc) is 3.61. The van der Waals surface area contributed by atoms with E-state index < -0.39 is 5.41 Å². The Morgan fingerprint density at radius 1 is 0.333 bits per heavy atom. The Morgan fingerprint density at radius 3 is 1.48 bits per heavy atom. The molecule has 0 atom stereocenters. The highest BCUT2D eigenvalue weighted by molar-refractivity contribution is 5.95. The van der Waals surface area contributed by atoms with E-state index in [0.29, 0.717) is 17.5 Å². The second-order valence-electron chi connectivity index (χ2n) is 15.4. The molecule has 2 aromatic heterocycles. The molecule has 0 radical (unpaired) electrons. The molecule has 5 heteroatoms. The van der Waals surface area contributed by atoms with Gasteiger partial charge in [0.25, 0.3) is 0 Å². The van der Waals surface area contributed by atoms with Gasteiger partial charge in [-0.3, -0.25) is 4.98 Å². The van der Waals surface area contributed by atoms with Crippen molar-refractivity contribution in [2.75, 3.05) is 0 Å². The van der Waals surface area contributed by atoms with Gasteiger partial charge in [-0.1, -0.05) is 164 Å². The van der Waals surface area contributed by atoms with E-state index >= 15 is 0 Å². The lowest BCUT2D eigenvalue weighted by molar-refractivity contribution is 0.436. The van der Waals surface area contributed by atoms with Crippen LogP contribution < -0.4 is 4.74 Å². The molecule has 8 aromatic carbocycles. The zero-order chi connectivity index (χ0) is 39.6. The van der Waals surface area contributed by atoms with Crippen molar-refractivity contribution in [3.8, 4) is 79.0 Å². The fraction of sp³-hybridized carbons (Fsp3) is 0.0182. The molecule has 1 spiro atoms. The maximum absolute atomic E-state index is 6.70. The number of rotatable bonds is 5. The molecule has 0 unspecified atom stereocenters. The van der Waals surface area contributed by atoms with E-state index in [2.05, 4.69) is 138 Å². The molecule has 0 saturated heterocycles. The first-order valence-electron chi connectivity index (χ1n) is 20.2. The molecular weight excluding hydrogens is 733 g/mol. The third-order valence-electron chi connectivity index (χ3n) is 12.1. The van der Waals surface area contributed by atoms with Gasteiger partial charge in [-0.25, -0.2) is 15.0 Å². The summed E-state index contributed by atoms with van der Waals surface area (Å²) in [5.74, 6) is 3.57. The van der Waals surface area contributed by atoms with Gasteiger partial charge in [-0.2, -0.15) is 0 Å². The van der Waals surface area contributed by atoms with Crippen LogP contribution in [0.4, 0.5) is 0 Å². The Bertz CT molecular complexity index is 3180. The number of hydrogen-bond acceptors (Lipinski definition) is 5. The van der Waals surface area contributed by atoms with Crippen molar-refractivity contribution in [1.82, 2.24) is 19.9 Å². The summed E-state index contributed by atoms with van der Waals surface area (Å²) in [5, 5.41) is 1.14. The smallest absolute Gasteiger partial charge is 0.164 e. The van der Waals surface area contributed by atoms with Gasteiger partial charge < -0.3 is 4.74 Å². The molecule has 5 nitrogen and oxygen atoms in total. The third kappa shape index (κ3) is 5.26. The van der Waals surface area contributed by atoms with Crippen molar-refractivity contribution < 1.29 is 4.74 Å². The zero-order valence-electron chi connectivity index (χ0n) is 32.3. The summed E-state index contributed by atoms with van der Waals surface area (Å²) in [4.78, 5) is 19.9.